The number of carbonyl (C=O) groups is 2. The Bertz CT molecular complexity index is 880. The van der Waals surface area contributed by atoms with Crippen LogP contribution in [0.1, 0.15) is 11.1 Å². The maximum atomic E-state index is 12.4. The molecule has 1 N–H and O–H groups in total. The Kier molecular flexibility index (Phi) is 5.54. The van der Waals surface area contributed by atoms with Crippen molar-refractivity contribution in [3.63, 3.8) is 0 Å². The molecule has 7 heteroatoms. The van der Waals surface area contributed by atoms with Crippen LogP contribution in [-0.4, -0.2) is 34.3 Å². The highest BCUT2D eigenvalue weighted by atomic mass is 35.5. The van der Waals surface area contributed by atoms with E-state index in [1.165, 1.54) is 18.2 Å². The van der Waals surface area contributed by atoms with Crippen molar-refractivity contribution in [2.75, 3.05) is 13.2 Å². The minimum absolute atomic E-state index is 0.0103. The Morgan fingerprint density at radius 1 is 1.19 bits per heavy atom. The molecular weight excluding hydrogens is 374 g/mol. The molecule has 0 spiro atoms. The predicted molar refractivity (Wildman–Crippen MR) is 102 cm³/mol. The fourth-order valence-electron chi connectivity index (χ4n) is 2.36. The fourth-order valence-corrected chi connectivity index (χ4v) is 3.40. The zero-order chi connectivity index (χ0) is 18.7. The molecule has 1 saturated heterocycles. The topological polar surface area (TPSA) is 66.8 Å². The normalized spacial score (nSPS) is 15.8. The SMILES string of the molecule is Cc1ccc(OCCN2C(=O)SC(=Cc3cc(Cl)ccc3O)C2=O)cc1. The minimum atomic E-state index is -0.410. The van der Waals surface area contributed by atoms with E-state index >= 15 is 0 Å². The van der Waals surface area contributed by atoms with E-state index in [-0.39, 0.29) is 29.0 Å². The summed E-state index contributed by atoms with van der Waals surface area (Å²) in [6.07, 6.45) is 1.47. The van der Waals surface area contributed by atoms with Gasteiger partial charge < -0.3 is 9.84 Å². The van der Waals surface area contributed by atoms with Crippen LogP contribution in [0, 0.1) is 6.92 Å². The zero-order valence-corrected chi connectivity index (χ0v) is 15.5. The summed E-state index contributed by atoms with van der Waals surface area (Å²) in [7, 11) is 0. The molecular formula is C19H16ClNO4S. The molecule has 5 nitrogen and oxygen atoms in total. The summed E-state index contributed by atoms with van der Waals surface area (Å²) in [5.74, 6) is 0.262. The molecule has 2 aromatic rings. The Hall–Kier alpha value is -2.44. The first-order valence-corrected chi connectivity index (χ1v) is 9.07. The minimum Gasteiger partial charge on any atom is -0.507 e. The monoisotopic (exact) mass is 389 g/mol. The number of hydrogen-bond acceptors (Lipinski definition) is 5. The lowest BCUT2D eigenvalue weighted by molar-refractivity contribution is -0.123. The number of ether oxygens (including phenoxy) is 1. The second kappa shape index (κ2) is 7.85. The van der Waals surface area contributed by atoms with Gasteiger partial charge in [-0.05, 0) is 55.1 Å². The van der Waals surface area contributed by atoms with Crippen LogP contribution in [0.3, 0.4) is 0 Å². The number of carbonyl (C=O) groups excluding carboxylic acids is 2. The van der Waals surface area contributed by atoms with Crippen molar-refractivity contribution in [2.45, 2.75) is 6.92 Å². The van der Waals surface area contributed by atoms with Gasteiger partial charge in [0.25, 0.3) is 11.1 Å². The van der Waals surface area contributed by atoms with Crippen molar-refractivity contribution in [3.8, 4) is 11.5 Å². The molecule has 134 valence electrons. The molecule has 0 unspecified atom stereocenters. The number of imide groups is 1. The third kappa shape index (κ3) is 4.20. The maximum absolute atomic E-state index is 12.4. The van der Waals surface area contributed by atoms with Crippen LogP contribution < -0.4 is 4.74 Å². The summed E-state index contributed by atoms with van der Waals surface area (Å²) >= 11 is 6.73. The third-order valence-electron chi connectivity index (χ3n) is 3.75. The molecule has 1 aliphatic rings. The van der Waals surface area contributed by atoms with Gasteiger partial charge in [-0.25, -0.2) is 0 Å². The van der Waals surface area contributed by atoms with Crippen LogP contribution in [0.25, 0.3) is 6.08 Å². The number of rotatable bonds is 5. The van der Waals surface area contributed by atoms with E-state index in [1.54, 1.807) is 6.07 Å². The quantitative estimate of drug-likeness (QED) is 0.764. The Morgan fingerprint density at radius 3 is 2.65 bits per heavy atom. The van der Waals surface area contributed by atoms with Crippen LogP contribution in [-0.2, 0) is 4.79 Å². The lowest BCUT2D eigenvalue weighted by Gasteiger charge is -2.13. The molecule has 1 heterocycles. The maximum Gasteiger partial charge on any atom is 0.293 e. The van der Waals surface area contributed by atoms with Crippen LogP contribution >= 0.6 is 23.4 Å². The molecule has 1 fully saturated rings. The molecule has 26 heavy (non-hydrogen) atoms. The molecule has 0 aromatic heterocycles. The number of nitrogens with zero attached hydrogens (tertiary/aromatic N) is 1. The average Bonchev–Trinajstić information content (AvgIpc) is 2.87. The summed E-state index contributed by atoms with van der Waals surface area (Å²) in [4.78, 5) is 25.9. The Labute approximate surface area is 160 Å². The molecule has 0 atom stereocenters. The van der Waals surface area contributed by atoms with E-state index in [0.717, 1.165) is 22.2 Å². The van der Waals surface area contributed by atoms with Crippen molar-refractivity contribution in [1.82, 2.24) is 4.90 Å². The number of thioether (sulfide) groups is 1. The summed E-state index contributed by atoms with van der Waals surface area (Å²) in [6.45, 7) is 2.34. The highest BCUT2D eigenvalue weighted by Crippen LogP contribution is 2.34. The number of phenolic OH excluding ortho intramolecular Hbond substituents is 1. The molecule has 0 aliphatic carbocycles. The fraction of sp³-hybridized carbons (Fsp3) is 0.158. The number of amides is 2. The molecule has 0 radical (unpaired) electrons. The summed E-state index contributed by atoms with van der Waals surface area (Å²) < 4.78 is 5.58. The number of aromatic hydroxyl groups is 1. The van der Waals surface area contributed by atoms with Gasteiger partial charge >= 0.3 is 0 Å². The van der Waals surface area contributed by atoms with Gasteiger partial charge in [0.1, 0.15) is 18.1 Å². The summed E-state index contributed by atoms with van der Waals surface area (Å²) in [6, 6.07) is 12.0. The van der Waals surface area contributed by atoms with Gasteiger partial charge in [-0.3, -0.25) is 14.5 Å². The third-order valence-corrected chi connectivity index (χ3v) is 4.90. The van der Waals surface area contributed by atoms with Crippen LogP contribution in [0.5, 0.6) is 11.5 Å². The van der Waals surface area contributed by atoms with Crippen LogP contribution in [0.15, 0.2) is 47.4 Å². The second-order valence-corrected chi connectivity index (χ2v) is 7.13. The number of hydrogen-bond donors (Lipinski definition) is 1. The standard InChI is InChI=1S/C19H16ClNO4S/c1-12-2-5-15(6-3-12)25-9-8-21-18(23)17(26-19(21)24)11-13-10-14(20)4-7-16(13)22/h2-7,10-11,22H,8-9H2,1H3. The first-order valence-electron chi connectivity index (χ1n) is 7.87. The molecule has 0 saturated carbocycles. The van der Waals surface area contributed by atoms with E-state index in [1.807, 2.05) is 31.2 Å². The van der Waals surface area contributed by atoms with Crippen molar-refractivity contribution >= 4 is 40.6 Å². The van der Waals surface area contributed by atoms with Gasteiger partial charge in [0, 0.05) is 10.6 Å². The average molecular weight is 390 g/mol. The Balaban J connectivity index is 1.66. The largest absolute Gasteiger partial charge is 0.507 e. The van der Waals surface area contributed by atoms with Gasteiger partial charge in [-0.2, -0.15) is 0 Å². The van der Waals surface area contributed by atoms with Gasteiger partial charge in [-0.15, -0.1) is 0 Å². The Morgan fingerprint density at radius 2 is 1.92 bits per heavy atom. The number of halogens is 1. The van der Waals surface area contributed by atoms with Crippen molar-refractivity contribution in [3.05, 3.63) is 63.5 Å². The van der Waals surface area contributed by atoms with Crippen molar-refractivity contribution in [1.29, 1.82) is 0 Å². The van der Waals surface area contributed by atoms with Crippen LogP contribution in [0.2, 0.25) is 5.02 Å². The highest BCUT2D eigenvalue weighted by molar-refractivity contribution is 8.18. The number of benzene rings is 2. The first-order chi connectivity index (χ1) is 12.4. The smallest absolute Gasteiger partial charge is 0.293 e. The van der Waals surface area contributed by atoms with Crippen molar-refractivity contribution in [2.24, 2.45) is 0 Å². The van der Waals surface area contributed by atoms with Gasteiger partial charge in [-0.1, -0.05) is 29.3 Å². The van der Waals surface area contributed by atoms with Gasteiger partial charge in [0.15, 0.2) is 0 Å². The summed E-state index contributed by atoms with van der Waals surface area (Å²) in [5.41, 5.74) is 1.51. The first kappa shape index (κ1) is 18.4. The van der Waals surface area contributed by atoms with E-state index in [2.05, 4.69) is 0 Å². The second-order valence-electron chi connectivity index (χ2n) is 5.70. The molecule has 1 aliphatic heterocycles. The highest BCUT2D eigenvalue weighted by Gasteiger charge is 2.34. The van der Waals surface area contributed by atoms with Crippen molar-refractivity contribution < 1.29 is 19.4 Å². The van der Waals surface area contributed by atoms with Gasteiger partial charge in [0.05, 0.1) is 11.4 Å². The van der Waals surface area contributed by atoms with E-state index < -0.39 is 5.91 Å². The number of aryl methyl sites for hydroxylation is 1. The van der Waals surface area contributed by atoms with E-state index in [9.17, 15) is 14.7 Å². The van der Waals surface area contributed by atoms with E-state index in [0.29, 0.717) is 16.3 Å². The zero-order valence-electron chi connectivity index (χ0n) is 13.9. The number of phenols is 1. The lowest BCUT2D eigenvalue weighted by atomic mass is 10.2. The molecule has 0 bridgehead atoms. The molecule has 2 aromatic carbocycles. The molecule has 3 rings (SSSR count). The molecule has 2 amide bonds. The van der Waals surface area contributed by atoms with E-state index in [4.69, 9.17) is 16.3 Å². The predicted octanol–water partition coefficient (Wildman–Crippen LogP) is 4.47. The van der Waals surface area contributed by atoms with Crippen LogP contribution in [0.4, 0.5) is 4.79 Å². The summed E-state index contributed by atoms with van der Waals surface area (Å²) in [5, 5.41) is 9.92. The lowest BCUT2D eigenvalue weighted by Crippen LogP contribution is -2.32. The van der Waals surface area contributed by atoms with Gasteiger partial charge in [0.2, 0.25) is 0 Å².